The van der Waals surface area contributed by atoms with Crippen molar-refractivity contribution in [3.05, 3.63) is 0 Å². The molecule has 2 atom stereocenters. The zero-order chi connectivity index (χ0) is 15.6. The van der Waals surface area contributed by atoms with Crippen LogP contribution in [0.1, 0.15) is 39.5 Å². The van der Waals surface area contributed by atoms with E-state index in [-0.39, 0.29) is 19.4 Å². The number of rotatable bonds is 4. The van der Waals surface area contributed by atoms with Crippen molar-refractivity contribution in [2.45, 2.75) is 45.7 Å². The Bertz CT molecular complexity index is 380. The van der Waals surface area contributed by atoms with Gasteiger partial charge in [0, 0.05) is 12.5 Å². The first kappa shape index (κ1) is 16.8. The average Bonchev–Trinajstić information content (AvgIpc) is 2.35. The van der Waals surface area contributed by atoms with Gasteiger partial charge in [-0.05, 0) is 26.7 Å². The molecular formula is C13H20F3NO3. The summed E-state index contributed by atoms with van der Waals surface area (Å²) in [6.07, 6.45) is -3.17. The van der Waals surface area contributed by atoms with Crippen LogP contribution in [-0.4, -0.2) is 29.7 Å². The molecule has 0 saturated heterocycles. The van der Waals surface area contributed by atoms with Crippen LogP contribution in [0.15, 0.2) is 0 Å². The van der Waals surface area contributed by atoms with Gasteiger partial charge in [0.2, 0.25) is 5.91 Å². The van der Waals surface area contributed by atoms with Crippen LogP contribution < -0.4 is 5.32 Å². The first-order valence-corrected chi connectivity index (χ1v) is 6.63. The molecule has 0 aromatic heterocycles. The second-order valence-corrected chi connectivity index (χ2v) is 5.95. The molecule has 0 radical (unpaired) electrons. The fourth-order valence-corrected chi connectivity index (χ4v) is 2.35. The third-order valence-electron chi connectivity index (χ3n) is 3.81. The van der Waals surface area contributed by atoms with E-state index in [0.29, 0.717) is 12.8 Å². The van der Waals surface area contributed by atoms with E-state index in [9.17, 15) is 22.8 Å². The number of nitrogens with one attached hydrogen (secondary N) is 1. The largest absolute Gasteiger partial charge is 0.481 e. The van der Waals surface area contributed by atoms with E-state index in [1.54, 1.807) is 0 Å². The van der Waals surface area contributed by atoms with Gasteiger partial charge in [-0.2, -0.15) is 13.2 Å². The molecule has 1 fully saturated rings. The summed E-state index contributed by atoms with van der Waals surface area (Å²) in [6.45, 7) is 2.65. The Hall–Kier alpha value is -1.27. The molecule has 0 spiro atoms. The van der Waals surface area contributed by atoms with Crippen molar-refractivity contribution < 1.29 is 27.9 Å². The lowest BCUT2D eigenvalue weighted by molar-refractivity contribution is -0.198. The Balaban J connectivity index is 2.67. The lowest BCUT2D eigenvalue weighted by atomic mass is 9.78. The minimum Gasteiger partial charge on any atom is -0.481 e. The van der Waals surface area contributed by atoms with E-state index in [4.69, 9.17) is 5.11 Å². The second kappa shape index (κ2) is 6.01. The number of carboxylic acid groups (broad SMARTS) is 1. The highest BCUT2D eigenvalue weighted by molar-refractivity contribution is 5.80. The van der Waals surface area contributed by atoms with Gasteiger partial charge in [0.1, 0.15) is 0 Å². The number of amides is 1. The normalized spacial score (nSPS) is 24.2. The molecule has 0 bridgehead atoms. The van der Waals surface area contributed by atoms with E-state index in [0.717, 1.165) is 0 Å². The minimum absolute atomic E-state index is 0.0378. The molecule has 4 nitrogen and oxygen atoms in total. The second-order valence-electron chi connectivity index (χ2n) is 5.95. The van der Waals surface area contributed by atoms with Crippen LogP contribution in [-0.2, 0) is 9.59 Å². The highest BCUT2D eigenvalue weighted by Crippen LogP contribution is 2.41. The van der Waals surface area contributed by atoms with Crippen molar-refractivity contribution in [3.63, 3.8) is 0 Å². The molecule has 0 aromatic carbocycles. The summed E-state index contributed by atoms with van der Waals surface area (Å²) in [5, 5.41) is 11.3. The number of halogens is 3. The van der Waals surface area contributed by atoms with Crippen LogP contribution in [0, 0.1) is 17.3 Å². The van der Waals surface area contributed by atoms with Crippen molar-refractivity contribution in [2.75, 3.05) is 6.54 Å². The highest BCUT2D eigenvalue weighted by Gasteiger charge is 2.48. The van der Waals surface area contributed by atoms with Gasteiger partial charge in [0.15, 0.2) is 0 Å². The van der Waals surface area contributed by atoms with Crippen molar-refractivity contribution in [1.29, 1.82) is 0 Å². The molecular weight excluding hydrogens is 275 g/mol. The third-order valence-corrected chi connectivity index (χ3v) is 3.81. The highest BCUT2D eigenvalue weighted by atomic mass is 19.4. The third kappa shape index (κ3) is 4.11. The zero-order valence-corrected chi connectivity index (χ0v) is 11.6. The summed E-state index contributed by atoms with van der Waals surface area (Å²) in [6, 6.07) is 0. The number of carbonyl (C=O) groups excluding carboxylic acids is 1. The van der Waals surface area contributed by atoms with Crippen LogP contribution in [0.3, 0.4) is 0 Å². The molecule has 20 heavy (non-hydrogen) atoms. The van der Waals surface area contributed by atoms with Crippen LogP contribution in [0.25, 0.3) is 0 Å². The number of carbonyl (C=O) groups is 2. The van der Waals surface area contributed by atoms with E-state index < -0.39 is 35.3 Å². The number of carboxylic acids is 1. The lowest BCUT2D eigenvalue weighted by Gasteiger charge is -2.32. The maximum Gasteiger partial charge on any atom is 0.392 e. The van der Waals surface area contributed by atoms with E-state index in [1.807, 2.05) is 0 Å². The number of hydrogen-bond acceptors (Lipinski definition) is 2. The van der Waals surface area contributed by atoms with E-state index >= 15 is 0 Å². The van der Waals surface area contributed by atoms with Crippen LogP contribution in [0.5, 0.6) is 0 Å². The topological polar surface area (TPSA) is 66.4 Å². The smallest absolute Gasteiger partial charge is 0.392 e. The van der Waals surface area contributed by atoms with Crippen molar-refractivity contribution in [3.8, 4) is 0 Å². The maximum atomic E-state index is 12.9. The zero-order valence-electron chi connectivity index (χ0n) is 11.6. The maximum absolute atomic E-state index is 12.9. The van der Waals surface area contributed by atoms with Crippen molar-refractivity contribution in [1.82, 2.24) is 5.32 Å². The van der Waals surface area contributed by atoms with Crippen LogP contribution >= 0.6 is 0 Å². The fourth-order valence-electron chi connectivity index (χ4n) is 2.35. The molecule has 0 aliphatic heterocycles. The Labute approximate surface area is 115 Å². The summed E-state index contributed by atoms with van der Waals surface area (Å²) in [7, 11) is 0. The van der Waals surface area contributed by atoms with Gasteiger partial charge in [-0.3, -0.25) is 9.59 Å². The van der Waals surface area contributed by atoms with E-state index in [2.05, 4.69) is 5.32 Å². The standard InChI is InChI=1S/C13H20F3NO3/c1-12(2,11(19)20)7-17-10(18)8-5-3-4-6-9(8)13(14,15)16/h8-9H,3-7H2,1-2H3,(H,17,18)(H,19,20). The monoisotopic (exact) mass is 295 g/mol. The van der Waals surface area contributed by atoms with Gasteiger partial charge < -0.3 is 10.4 Å². The summed E-state index contributed by atoms with van der Waals surface area (Å²) in [4.78, 5) is 22.8. The molecule has 2 N–H and O–H groups in total. The molecule has 7 heteroatoms. The van der Waals surface area contributed by atoms with Crippen LogP contribution in [0.4, 0.5) is 13.2 Å². The van der Waals surface area contributed by atoms with Gasteiger partial charge in [0.25, 0.3) is 0 Å². The van der Waals surface area contributed by atoms with Crippen LogP contribution in [0.2, 0.25) is 0 Å². The molecule has 0 heterocycles. The minimum atomic E-state index is -4.38. The molecule has 116 valence electrons. The van der Waals surface area contributed by atoms with Crippen molar-refractivity contribution in [2.24, 2.45) is 17.3 Å². The van der Waals surface area contributed by atoms with Gasteiger partial charge >= 0.3 is 12.1 Å². The first-order chi connectivity index (χ1) is 9.05. The molecule has 0 aromatic rings. The fraction of sp³-hybridized carbons (Fsp3) is 0.846. The van der Waals surface area contributed by atoms with Gasteiger partial charge in [-0.1, -0.05) is 12.8 Å². The molecule has 1 saturated carbocycles. The molecule has 1 amide bonds. The number of hydrogen-bond donors (Lipinski definition) is 2. The van der Waals surface area contributed by atoms with Gasteiger partial charge in [0.05, 0.1) is 11.3 Å². The molecule has 1 rings (SSSR count). The van der Waals surface area contributed by atoms with Gasteiger partial charge in [-0.25, -0.2) is 0 Å². The SMILES string of the molecule is CC(C)(CNC(=O)C1CCCCC1C(F)(F)F)C(=O)O. The molecule has 2 unspecified atom stereocenters. The Kier molecular flexibility index (Phi) is 5.05. The quantitative estimate of drug-likeness (QED) is 0.837. The molecule has 1 aliphatic carbocycles. The van der Waals surface area contributed by atoms with E-state index in [1.165, 1.54) is 13.8 Å². The molecule has 1 aliphatic rings. The summed E-state index contributed by atoms with van der Waals surface area (Å²) in [5.74, 6) is -4.52. The summed E-state index contributed by atoms with van der Waals surface area (Å²) in [5.41, 5.74) is -1.20. The Morgan fingerprint density at radius 2 is 1.75 bits per heavy atom. The Morgan fingerprint density at radius 3 is 2.25 bits per heavy atom. The summed E-state index contributed by atoms with van der Waals surface area (Å²) < 4.78 is 38.6. The number of alkyl halides is 3. The Morgan fingerprint density at radius 1 is 1.20 bits per heavy atom. The average molecular weight is 295 g/mol. The van der Waals surface area contributed by atoms with Gasteiger partial charge in [-0.15, -0.1) is 0 Å². The lowest BCUT2D eigenvalue weighted by Crippen LogP contribution is -2.46. The number of aliphatic carboxylic acids is 1. The van der Waals surface area contributed by atoms with Crippen molar-refractivity contribution >= 4 is 11.9 Å². The predicted molar refractivity (Wildman–Crippen MR) is 65.9 cm³/mol. The first-order valence-electron chi connectivity index (χ1n) is 6.63. The predicted octanol–water partition coefficient (Wildman–Crippen LogP) is 2.58. The summed E-state index contributed by atoms with van der Waals surface area (Å²) >= 11 is 0.